The van der Waals surface area contributed by atoms with E-state index in [9.17, 15) is 9.59 Å². The molecule has 0 fully saturated rings. The quantitative estimate of drug-likeness (QED) is 0.806. The fraction of sp³-hybridized carbons (Fsp3) is 0.176. The second kappa shape index (κ2) is 5.64. The molecule has 0 spiro atoms. The van der Waals surface area contributed by atoms with Crippen molar-refractivity contribution in [2.24, 2.45) is 14.1 Å². The molecular weight excluding hydrogens is 294 g/mol. The van der Waals surface area contributed by atoms with Gasteiger partial charge in [-0.3, -0.25) is 9.59 Å². The summed E-state index contributed by atoms with van der Waals surface area (Å²) < 4.78 is 8.52. The van der Waals surface area contributed by atoms with E-state index in [1.165, 1.54) is 19.4 Å². The number of ether oxygens (including phenoxy) is 1. The number of hydrogen-bond acceptors (Lipinski definition) is 3. The molecule has 1 amide bonds. The largest absolute Gasteiger partial charge is 0.491 e. The summed E-state index contributed by atoms with van der Waals surface area (Å²) in [6.45, 7) is 0. The van der Waals surface area contributed by atoms with Crippen LogP contribution >= 0.6 is 0 Å². The standard InChI is InChI=1S/C17H17N3O3/c1-19-8-7-11-12(5-4-6-13(11)19)18-17(22)14-9-15(21)16(23-3)10-20(14)2/h4-10H,1-3H3,(H,18,22). The Balaban J connectivity index is 1.98. The Bertz CT molecular complexity index is 953. The summed E-state index contributed by atoms with van der Waals surface area (Å²) in [5.41, 5.74) is 1.67. The van der Waals surface area contributed by atoms with Crippen molar-refractivity contribution < 1.29 is 9.53 Å². The number of nitrogens with one attached hydrogen (secondary N) is 1. The van der Waals surface area contributed by atoms with E-state index >= 15 is 0 Å². The van der Waals surface area contributed by atoms with E-state index in [4.69, 9.17) is 4.74 Å². The van der Waals surface area contributed by atoms with Crippen LogP contribution in [0.1, 0.15) is 10.5 Å². The second-order valence-corrected chi connectivity index (χ2v) is 5.32. The molecule has 0 radical (unpaired) electrons. The molecule has 2 heterocycles. The van der Waals surface area contributed by atoms with Crippen LogP contribution in [-0.4, -0.2) is 22.2 Å². The van der Waals surface area contributed by atoms with Crippen LogP contribution in [0.3, 0.4) is 0 Å². The van der Waals surface area contributed by atoms with E-state index in [2.05, 4.69) is 5.32 Å². The molecule has 1 N–H and O–H groups in total. The normalized spacial score (nSPS) is 10.7. The number of pyridine rings is 1. The minimum Gasteiger partial charge on any atom is -0.491 e. The van der Waals surface area contributed by atoms with Gasteiger partial charge in [-0.25, -0.2) is 0 Å². The van der Waals surface area contributed by atoms with Crippen LogP contribution in [0.15, 0.2) is 47.5 Å². The molecule has 0 aliphatic heterocycles. The molecule has 0 saturated carbocycles. The summed E-state index contributed by atoms with van der Waals surface area (Å²) in [7, 11) is 5.06. The van der Waals surface area contributed by atoms with E-state index in [1.807, 2.05) is 42.1 Å². The predicted molar refractivity (Wildman–Crippen MR) is 89.1 cm³/mol. The lowest BCUT2D eigenvalue weighted by atomic mass is 10.2. The smallest absolute Gasteiger partial charge is 0.272 e. The van der Waals surface area contributed by atoms with Gasteiger partial charge < -0.3 is 19.2 Å². The first-order chi connectivity index (χ1) is 11.0. The fourth-order valence-corrected chi connectivity index (χ4v) is 2.58. The summed E-state index contributed by atoms with van der Waals surface area (Å²) in [5, 5.41) is 3.81. The van der Waals surface area contributed by atoms with Crippen molar-refractivity contribution in [2.75, 3.05) is 12.4 Å². The van der Waals surface area contributed by atoms with Gasteiger partial charge in [-0.2, -0.15) is 0 Å². The van der Waals surface area contributed by atoms with E-state index < -0.39 is 0 Å². The lowest BCUT2D eigenvalue weighted by Crippen LogP contribution is -2.21. The average molecular weight is 311 g/mol. The number of aryl methyl sites for hydroxylation is 2. The Kier molecular flexibility index (Phi) is 3.65. The number of fused-ring (bicyclic) bond motifs is 1. The minimum absolute atomic E-state index is 0.203. The molecule has 1 aromatic carbocycles. The first kappa shape index (κ1) is 14.9. The van der Waals surface area contributed by atoms with Gasteiger partial charge in [0.05, 0.1) is 19.0 Å². The zero-order valence-corrected chi connectivity index (χ0v) is 13.2. The number of hydrogen-bond donors (Lipinski definition) is 1. The molecule has 0 atom stereocenters. The van der Waals surface area contributed by atoms with Crippen molar-refractivity contribution in [3.63, 3.8) is 0 Å². The maximum atomic E-state index is 12.5. The van der Waals surface area contributed by atoms with E-state index in [0.29, 0.717) is 5.69 Å². The molecule has 23 heavy (non-hydrogen) atoms. The molecule has 0 saturated heterocycles. The van der Waals surface area contributed by atoms with Crippen molar-refractivity contribution in [3.8, 4) is 5.75 Å². The molecule has 3 aromatic rings. The van der Waals surface area contributed by atoms with Crippen molar-refractivity contribution in [3.05, 3.63) is 58.6 Å². The third-order valence-electron chi connectivity index (χ3n) is 3.83. The topological polar surface area (TPSA) is 65.3 Å². The molecule has 0 aliphatic carbocycles. The highest BCUT2D eigenvalue weighted by molar-refractivity contribution is 6.08. The highest BCUT2D eigenvalue weighted by Crippen LogP contribution is 2.24. The number of aromatic nitrogens is 2. The zero-order valence-electron chi connectivity index (χ0n) is 13.2. The van der Waals surface area contributed by atoms with Crippen molar-refractivity contribution in [1.82, 2.24) is 9.13 Å². The van der Waals surface area contributed by atoms with Crippen molar-refractivity contribution in [1.29, 1.82) is 0 Å². The van der Waals surface area contributed by atoms with Crippen LogP contribution in [0.4, 0.5) is 5.69 Å². The first-order valence-corrected chi connectivity index (χ1v) is 7.11. The minimum atomic E-state index is -0.344. The summed E-state index contributed by atoms with van der Waals surface area (Å²) in [4.78, 5) is 24.4. The Morgan fingerprint density at radius 3 is 2.70 bits per heavy atom. The van der Waals surface area contributed by atoms with Crippen LogP contribution < -0.4 is 15.5 Å². The third kappa shape index (κ3) is 2.59. The molecular formula is C17H17N3O3. The Morgan fingerprint density at radius 2 is 1.96 bits per heavy atom. The number of nitrogens with zero attached hydrogens (tertiary/aromatic N) is 2. The Morgan fingerprint density at radius 1 is 1.17 bits per heavy atom. The predicted octanol–water partition coefficient (Wildman–Crippen LogP) is 2.14. The van der Waals surface area contributed by atoms with Gasteiger partial charge in [0.2, 0.25) is 5.43 Å². The van der Waals surface area contributed by atoms with Gasteiger partial charge in [0.25, 0.3) is 5.91 Å². The number of rotatable bonds is 3. The van der Waals surface area contributed by atoms with Crippen LogP contribution in [0.5, 0.6) is 5.75 Å². The molecule has 6 heteroatoms. The molecule has 2 aromatic heterocycles. The van der Waals surface area contributed by atoms with Crippen LogP contribution in [0.25, 0.3) is 10.9 Å². The van der Waals surface area contributed by atoms with Gasteiger partial charge in [0.1, 0.15) is 5.69 Å². The number of carbonyl (C=O) groups is 1. The lowest BCUT2D eigenvalue weighted by Gasteiger charge is -2.11. The van der Waals surface area contributed by atoms with Crippen molar-refractivity contribution in [2.45, 2.75) is 0 Å². The zero-order chi connectivity index (χ0) is 16.6. The van der Waals surface area contributed by atoms with Gasteiger partial charge in [0.15, 0.2) is 5.75 Å². The lowest BCUT2D eigenvalue weighted by molar-refractivity contribution is 0.101. The van der Waals surface area contributed by atoms with Crippen LogP contribution in [0, 0.1) is 0 Å². The number of methoxy groups -OCH3 is 1. The molecule has 6 nitrogen and oxygen atoms in total. The Hall–Kier alpha value is -3.02. The van der Waals surface area contributed by atoms with E-state index in [0.717, 1.165) is 10.9 Å². The van der Waals surface area contributed by atoms with Gasteiger partial charge in [-0.15, -0.1) is 0 Å². The first-order valence-electron chi connectivity index (χ1n) is 7.11. The average Bonchev–Trinajstić information content (AvgIpc) is 2.91. The van der Waals surface area contributed by atoms with E-state index in [1.54, 1.807) is 11.6 Å². The summed E-state index contributed by atoms with van der Waals surface area (Å²) in [6.07, 6.45) is 3.43. The molecule has 0 unspecified atom stereocenters. The third-order valence-corrected chi connectivity index (χ3v) is 3.83. The highest BCUT2D eigenvalue weighted by Gasteiger charge is 2.14. The molecule has 0 bridgehead atoms. The van der Waals surface area contributed by atoms with Gasteiger partial charge in [-0.05, 0) is 18.2 Å². The van der Waals surface area contributed by atoms with Crippen LogP contribution in [0.2, 0.25) is 0 Å². The molecule has 118 valence electrons. The SMILES string of the molecule is COc1cn(C)c(C(=O)Nc2cccc3c2ccn3C)cc1=O. The number of carbonyl (C=O) groups excluding carboxylic acids is 1. The van der Waals surface area contributed by atoms with Gasteiger partial charge in [0, 0.05) is 37.3 Å². The highest BCUT2D eigenvalue weighted by atomic mass is 16.5. The van der Waals surface area contributed by atoms with E-state index in [-0.39, 0.29) is 22.8 Å². The molecule has 0 aliphatic rings. The number of benzene rings is 1. The summed E-state index contributed by atoms with van der Waals surface area (Å²) >= 11 is 0. The summed E-state index contributed by atoms with van der Waals surface area (Å²) in [6, 6.07) is 8.91. The summed E-state index contributed by atoms with van der Waals surface area (Å²) in [5.74, 6) is -0.141. The maximum Gasteiger partial charge on any atom is 0.272 e. The Labute approximate surface area is 132 Å². The van der Waals surface area contributed by atoms with Crippen LogP contribution in [-0.2, 0) is 14.1 Å². The number of anilines is 1. The second-order valence-electron chi connectivity index (χ2n) is 5.32. The van der Waals surface area contributed by atoms with Crippen molar-refractivity contribution >= 4 is 22.5 Å². The van der Waals surface area contributed by atoms with Gasteiger partial charge >= 0.3 is 0 Å². The maximum absolute atomic E-state index is 12.5. The number of amides is 1. The van der Waals surface area contributed by atoms with Gasteiger partial charge in [-0.1, -0.05) is 6.07 Å². The fourth-order valence-electron chi connectivity index (χ4n) is 2.58. The monoisotopic (exact) mass is 311 g/mol. The molecule has 3 rings (SSSR count).